The first-order chi connectivity index (χ1) is 15.7. The monoisotopic (exact) mass is 431 g/mol. The highest BCUT2D eigenvalue weighted by atomic mass is 32.2. The number of hydrogen-bond acceptors (Lipinski definition) is 1. The summed E-state index contributed by atoms with van der Waals surface area (Å²) in [5.41, 5.74) is 9.58. The zero-order chi connectivity index (χ0) is 21.7. The molecule has 32 heavy (non-hydrogen) atoms. The topological polar surface area (TPSA) is 4.93 Å². The lowest BCUT2D eigenvalue weighted by Gasteiger charge is -2.20. The van der Waals surface area contributed by atoms with E-state index in [1.165, 1.54) is 54.9 Å². The lowest BCUT2D eigenvalue weighted by Crippen LogP contribution is -2.12. The maximum Gasteiger partial charge on any atom is 0.0850 e. The molecule has 0 amide bonds. The maximum atomic E-state index is 2.56. The van der Waals surface area contributed by atoms with Gasteiger partial charge in [0.2, 0.25) is 0 Å². The van der Waals surface area contributed by atoms with Gasteiger partial charge in [-0.1, -0.05) is 84.9 Å². The van der Waals surface area contributed by atoms with Crippen molar-refractivity contribution in [3.05, 3.63) is 125 Å². The largest absolute Gasteiger partial charge is 0.336 e. The number of nitrogens with zero attached hydrogens (tertiary/aromatic N) is 1. The molecule has 0 bridgehead atoms. The van der Waals surface area contributed by atoms with Crippen molar-refractivity contribution >= 4 is 22.5 Å². The van der Waals surface area contributed by atoms with Crippen molar-refractivity contribution in [1.29, 1.82) is 0 Å². The smallest absolute Gasteiger partial charge is 0.0850 e. The molecule has 1 heterocycles. The van der Waals surface area contributed by atoms with Crippen molar-refractivity contribution in [3.63, 3.8) is 0 Å². The highest BCUT2D eigenvalue weighted by molar-refractivity contribution is 7.98. The number of thioether (sulfide) groups is 1. The van der Waals surface area contributed by atoms with Gasteiger partial charge in [0.05, 0.1) is 6.04 Å². The van der Waals surface area contributed by atoms with Crippen molar-refractivity contribution < 1.29 is 0 Å². The van der Waals surface area contributed by atoms with E-state index in [2.05, 4.69) is 115 Å². The molecule has 0 saturated carbocycles. The van der Waals surface area contributed by atoms with Crippen LogP contribution in [0.4, 0.5) is 0 Å². The molecule has 0 radical (unpaired) electrons. The average molecular weight is 432 g/mol. The van der Waals surface area contributed by atoms with E-state index in [0.29, 0.717) is 0 Å². The molecule has 1 aliphatic carbocycles. The van der Waals surface area contributed by atoms with Crippen molar-refractivity contribution in [1.82, 2.24) is 4.57 Å². The van der Waals surface area contributed by atoms with Crippen LogP contribution >= 0.6 is 11.8 Å². The zero-order valence-electron chi connectivity index (χ0n) is 18.4. The summed E-state index contributed by atoms with van der Waals surface area (Å²) in [6.07, 6.45) is 0. The number of aryl methyl sites for hydroxylation is 2. The highest BCUT2D eigenvalue weighted by Crippen LogP contribution is 2.47. The molecule has 1 nitrogen and oxygen atoms in total. The summed E-state index contributed by atoms with van der Waals surface area (Å²) in [4.78, 5) is 1.33. The fourth-order valence-electron chi connectivity index (χ4n) is 5.27. The van der Waals surface area contributed by atoms with E-state index in [1.807, 2.05) is 11.8 Å². The number of aromatic nitrogens is 1. The SMILES string of the molecule is Cc1c2ccc(SCc3ccccc3)cc2c(C)n1C1c2ccccc2-c2ccccc21. The number of fused-ring (bicyclic) bond motifs is 4. The number of rotatable bonds is 4. The third-order valence-electron chi connectivity index (χ3n) is 6.80. The quantitative estimate of drug-likeness (QED) is 0.255. The molecule has 0 unspecified atom stereocenters. The molecule has 0 spiro atoms. The van der Waals surface area contributed by atoms with E-state index in [4.69, 9.17) is 0 Å². The van der Waals surface area contributed by atoms with E-state index in [-0.39, 0.29) is 6.04 Å². The predicted molar refractivity (Wildman–Crippen MR) is 137 cm³/mol. The van der Waals surface area contributed by atoms with E-state index < -0.39 is 0 Å². The Bertz CT molecular complexity index is 1400. The Kier molecular flexibility index (Phi) is 4.69. The molecule has 156 valence electrons. The molecule has 1 aliphatic rings. The number of benzene rings is 4. The minimum absolute atomic E-state index is 0.232. The second kappa shape index (κ2) is 7.72. The molecule has 0 fully saturated rings. The lowest BCUT2D eigenvalue weighted by atomic mass is 10.0. The van der Waals surface area contributed by atoms with Gasteiger partial charge in [-0.2, -0.15) is 0 Å². The Morgan fingerprint density at radius 2 is 1.25 bits per heavy atom. The van der Waals surface area contributed by atoms with Crippen LogP contribution in [-0.2, 0) is 5.75 Å². The first kappa shape index (κ1) is 19.5. The molecule has 2 heteroatoms. The fourth-order valence-corrected chi connectivity index (χ4v) is 6.17. The van der Waals surface area contributed by atoms with Crippen LogP contribution < -0.4 is 0 Å². The molecule has 4 aromatic carbocycles. The fraction of sp³-hybridized carbons (Fsp3) is 0.133. The minimum Gasteiger partial charge on any atom is -0.336 e. The first-order valence-electron chi connectivity index (χ1n) is 11.2. The Hall–Kier alpha value is -3.23. The van der Waals surface area contributed by atoms with Crippen LogP contribution in [0.15, 0.2) is 102 Å². The first-order valence-corrected chi connectivity index (χ1v) is 12.2. The van der Waals surface area contributed by atoms with Gasteiger partial charge in [0.15, 0.2) is 0 Å². The Labute approximate surface area is 193 Å². The van der Waals surface area contributed by atoms with Crippen LogP contribution in [0.1, 0.15) is 34.1 Å². The predicted octanol–water partition coefficient (Wildman–Crippen LogP) is 8.17. The van der Waals surface area contributed by atoms with E-state index in [0.717, 1.165) is 5.75 Å². The van der Waals surface area contributed by atoms with Crippen LogP contribution in [0.5, 0.6) is 0 Å². The van der Waals surface area contributed by atoms with Gasteiger partial charge in [-0.3, -0.25) is 0 Å². The molecule has 5 aromatic rings. The van der Waals surface area contributed by atoms with E-state index in [9.17, 15) is 0 Å². The summed E-state index contributed by atoms with van der Waals surface area (Å²) < 4.78 is 2.56. The van der Waals surface area contributed by atoms with Crippen LogP contribution in [0.3, 0.4) is 0 Å². The van der Waals surface area contributed by atoms with Crippen LogP contribution in [0.25, 0.3) is 21.9 Å². The minimum atomic E-state index is 0.232. The van der Waals surface area contributed by atoms with Gasteiger partial charge in [0, 0.05) is 32.8 Å². The average Bonchev–Trinajstić information content (AvgIpc) is 3.29. The van der Waals surface area contributed by atoms with E-state index in [1.54, 1.807) is 0 Å². The second-order valence-electron chi connectivity index (χ2n) is 8.60. The second-order valence-corrected chi connectivity index (χ2v) is 9.65. The Balaban J connectivity index is 1.45. The lowest BCUT2D eigenvalue weighted by molar-refractivity contribution is 0.661. The summed E-state index contributed by atoms with van der Waals surface area (Å²) in [6, 6.07) is 35.7. The van der Waals surface area contributed by atoms with Gasteiger partial charge in [-0.25, -0.2) is 0 Å². The third kappa shape index (κ3) is 3.02. The molecule has 0 saturated heterocycles. The molecular formula is C30H25NS. The summed E-state index contributed by atoms with van der Waals surface area (Å²) in [6.45, 7) is 4.56. The van der Waals surface area contributed by atoms with Crippen LogP contribution in [0, 0.1) is 13.8 Å². The summed E-state index contributed by atoms with van der Waals surface area (Å²) in [7, 11) is 0. The Morgan fingerprint density at radius 3 is 1.94 bits per heavy atom. The van der Waals surface area contributed by atoms with Gasteiger partial charge < -0.3 is 4.57 Å². The maximum absolute atomic E-state index is 2.56. The molecule has 6 rings (SSSR count). The molecule has 1 aromatic heterocycles. The van der Waals surface area contributed by atoms with Crippen molar-refractivity contribution in [2.24, 2.45) is 0 Å². The Morgan fingerprint density at radius 1 is 0.656 bits per heavy atom. The molecule has 0 atom stereocenters. The van der Waals surface area contributed by atoms with Crippen molar-refractivity contribution in [2.45, 2.75) is 30.5 Å². The van der Waals surface area contributed by atoms with Crippen molar-refractivity contribution in [3.8, 4) is 11.1 Å². The summed E-state index contributed by atoms with van der Waals surface area (Å²) in [5.74, 6) is 0.995. The summed E-state index contributed by atoms with van der Waals surface area (Å²) in [5, 5.41) is 2.72. The summed E-state index contributed by atoms with van der Waals surface area (Å²) >= 11 is 1.91. The normalized spacial score (nSPS) is 12.8. The van der Waals surface area contributed by atoms with Crippen molar-refractivity contribution in [2.75, 3.05) is 0 Å². The van der Waals surface area contributed by atoms with Gasteiger partial charge in [-0.15, -0.1) is 11.8 Å². The standard InChI is InChI=1S/C30H25NS/c1-20-24-17-16-23(32-19-22-10-4-3-5-11-22)18-29(24)21(2)31(20)30-27-14-8-6-12-25(27)26-13-7-9-15-28(26)30/h3-18,30H,19H2,1-2H3. The van der Waals surface area contributed by atoms with E-state index >= 15 is 0 Å². The zero-order valence-corrected chi connectivity index (χ0v) is 19.2. The van der Waals surface area contributed by atoms with Crippen LogP contribution in [-0.4, -0.2) is 4.57 Å². The molecule has 0 aliphatic heterocycles. The van der Waals surface area contributed by atoms with Gasteiger partial charge in [-0.05, 0) is 53.8 Å². The molecule has 0 N–H and O–H groups in total. The third-order valence-corrected chi connectivity index (χ3v) is 7.87. The highest BCUT2D eigenvalue weighted by Gasteiger charge is 2.31. The number of hydrogen-bond donors (Lipinski definition) is 0. The van der Waals surface area contributed by atoms with Gasteiger partial charge >= 0.3 is 0 Å². The molecular weight excluding hydrogens is 406 g/mol. The van der Waals surface area contributed by atoms with Crippen LogP contribution in [0.2, 0.25) is 0 Å². The van der Waals surface area contributed by atoms with Gasteiger partial charge in [0.1, 0.15) is 0 Å². The van der Waals surface area contributed by atoms with Gasteiger partial charge in [0.25, 0.3) is 0 Å².